The maximum absolute atomic E-state index is 3.98. The van der Waals surface area contributed by atoms with E-state index in [-0.39, 0.29) is 0 Å². The van der Waals surface area contributed by atoms with Crippen LogP contribution < -0.4 is 5.32 Å². The van der Waals surface area contributed by atoms with Crippen molar-refractivity contribution >= 4 is 11.8 Å². The molecule has 2 rings (SSSR count). The van der Waals surface area contributed by atoms with Crippen LogP contribution in [0.15, 0.2) is 0 Å². The Morgan fingerprint density at radius 3 is 2.56 bits per heavy atom. The fourth-order valence-electron chi connectivity index (χ4n) is 4.28. The minimum absolute atomic E-state index is 0.547. The molecule has 0 aliphatic heterocycles. The molecule has 1 nitrogen and oxygen atoms in total. The minimum Gasteiger partial charge on any atom is -0.311 e. The number of nitrogens with one attached hydrogen (secondary N) is 1. The molecule has 0 aromatic rings. The predicted molar refractivity (Wildman–Crippen MR) is 83.3 cm³/mol. The van der Waals surface area contributed by atoms with Crippen molar-refractivity contribution in [3.05, 3.63) is 0 Å². The van der Waals surface area contributed by atoms with E-state index < -0.39 is 0 Å². The third-order valence-electron chi connectivity index (χ3n) is 4.65. The first-order valence-corrected chi connectivity index (χ1v) is 8.91. The summed E-state index contributed by atoms with van der Waals surface area (Å²) in [5.41, 5.74) is 0.547. The third kappa shape index (κ3) is 4.16. The summed E-state index contributed by atoms with van der Waals surface area (Å²) in [6.07, 6.45) is 8.42. The molecule has 0 bridgehead atoms. The number of hydrogen-bond acceptors (Lipinski definition) is 2. The van der Waals surface area contributed by atoms with Crippen molar-refractivity contribution in [3.63, 3.8) is 0 Å². The molecule has 1 N–H and O–H groups in total. The average molecular weight is 269 g/mol. The first-order valence-electron chi connectivity index (χ1n) is 7.86. The summed E-state index contributed by atoms with van der Waals surface area (Å²) in [5, 5.41) is 4.91. The van der Waals surface area contributed by atoms with E-state index in [9.17, 15) is 0 Å². The van der Waals surface area contributed by atoms with Crippen LogP contribution in [-0.4, -0.2) is 23.1 Å². The fourth-order valence-corrected chi connectivity index (χ4v) is 5.43. The minimum atomic E-state index is 0.547. The molecule has 18 heavy (non-hydrogen) atoms. The topological polar surface area (TPSA) is 12.0 Å². The number of hydrogen-bond donors (Lipinski definition) is 1. The van der Waals surface area contributed by atoms with Gasteiger partial charge in [0.1, 0.15) is 0 Å². The van der Waals surface area contributed by atoms with Crippen LogP contribution in [0.3, 0.4) is 0 Å². The first kappa shape index (κ1) is 14.7. The van der Waals surface area contributed by atoms with Crippen molar-refractivity contribution in [3.8, 4) is 0 Å². The van der Waals surface area contributed by atoms with E-state index >= 15 is 0 Å². The standard InChI is InChI=1S/C16H31NS/c1-5-18-15-7-6-13(9-15)17-14-8-12(2)10-16(3,4)11-14/h12-15,17H,5-11H2,1-4H3. The zero-order valence-electron chi connectivity index (χ0n) is 12.7. The molecule has 2 fully saturated rings. The van der Waals surface area contributed by atoms with Gasteiger partial charge in [-0.2, -0.15) is 11.8 Å². The molecule has 2 aliphatic carbocycles. The van der Waals surface area contributed by atoms with Gasteiger partial charge in [0.05, 0.1) is 0 Å². The van der Waals surface area contributed by atoms with Crippen LogP contribution in [0, 0.1) is 11.3 Å². The quantitative estimate of drug-likeness (QED) is 0.808. The molecular formula is C16H31NS. The van der Waals surface area contributed by atoms with Gasteiger partial charge < -0.3 is 5.32 Å². The molecule has 0 radical (unpaired) electrons. The molecule has 2 saturated carbocycles. The second-order valence-electron chi connectivity index (χ2n) is 7.36. The lowest BCUT2D eigenvalue weighted by atomic mass is 9.70. The Kier molecular flexibility index (Phi) is 5.05. The van der Waals surface area contributed by atoms with Crippen LogP contribution in [0.2, 0.25) is 0 Å². The van der Waals surface area contributed by atoms with Crippen molar-refractivity contribution in [2.75, 3.05) is 5.75 Å². The lowest BCUT2D eigenvalue weighted by molar-refractivity contribution is 0.144. The van der Waals surface area contributed by atoms with Crippen LogP contribution in [0.25, 0.3) is 0 Å². The Morgan fingerprint density at radius 1 is 1.11 bits per heavy atom. The second kappa shape index (κ2) is 6.17. The maximum Gasteiger partial charge on any atom is 0.00805 e. The van der Waals surface area contributed by atoms with E-state index in [2.05, 4.69) is 44.8 Å². The van der Waals surface area contributed by atoms with Crippen LogP contribution in [-0.2, 0) is 0 Å². The monoisotopic (exact) mass is 269 g/mol. The largest absolute Gasteiger partial charge is 0.311 e. The van der Waals surface area contributed by atoms with Gasteiger partial charge >= 0.3 is 0 Å². The van der Waals surface area contributed by atoms with E-state index in [0.717, 1.165) is 23.3 Å². The SMILES string of the molecule is CCSC1CCC(NC2CC(C)CC(C)(C)C2)C1. The molecule has 4 unspecified atom stereocenters. The van der Waals surface area contributed by atoms with Crippen molar-refractivity contribution in [1.29, 1.82) is 0 Å². The van der Waals surface area contributed by atoms with E-state index in [1.807, 2.05) is 0 Å². The highest BCUT2D eigenvalue weighted by atomic mass is 32.2. The highest BCUT2D eigenvalue weighted by Gasteiger charge is 2.34. The van der Waals surface area contributed by atoms with Gasteiger partial charge in [-0.1, -0.05) is 27.7 Å². The molecular weight excluding hydrogens is 238 g/mol. The highest BCUT2D eigenvalue weighted by molar-refractivity contribution is 7.99. The van der Waals surface area contributed by atoms with Crippen LogP contribution in [0.4, 0.5) is 0 Å². The van der Waals surface area contributed by atoms with Gasteiger partial charge in [-0.25, -0.2) is 0 Å². The molecule has 2 aliphatic rings. The maximum atomic E-state index is 3.98. The summed E-state index contributed by atoms with van der Waals surface area (Å²) in [6, 6.07) is 1.58. The van der Waals surface area contributed by atoms with E-state index in [1.165, 1.54) is 44.3 Å². The van der Waals surface area contributed by atoms with E-state index in [0.29, 0.717) is 5.41 Å². The van der Waals surface area contributed by atoms with Crippen LogP contribution in [0.1, 0.15) is 66.2 Å². The van der Waals surface area contributed by atoms with Gasteiger partial charge in [0, 0.05) is 17.3 Å². The Labute approximate surface area is 118 Å². The molecule has 0 saturated heterocycles. The summed E-state index contributed by atoms with van der Waals surface area (Å²) in [6.45, 7) is 9.61. The molecule has 0 amide bonds. The van der Waals surface area contributed by atoms with Crippen LogP contribution >= 0.6 is 11.8 Å². The van der Waals surface area contributed by atoms with Crippen molar-refractivity contribution in [2.24, 2.45) is 11.3 Å². The van der Waals surface area contributed by atoms with Gasteiger partial charge in [-0.05, 0) is 55.6 Å². The normalized spacial score (nSPS) is 40.0. The summed E-state index contributed by atoms with van der Waals surface area (Å²) >= 11 is 2.17. The Morgan fingerprint density at radius 2 is 1.89 bits per heavy atom. The molecule has 4 atom stereocenters. The van der Waals surface area contributed by atoms with Crippen molar-refractivity contribution in [1.82, 2.24) is 5.32 Å². The lowest BCUT2D eigenvalue weighted by Crippen LogP contribution is -2.44. The Bertz CT molecular complexity index is 264. The van der Waals surface area contributed by atoms with Crippen molar-refractivity contribution < 1.29 is 0 Å². The second-order valence-corrected chi connectivity index (χ2v) is 8.94. The van der Waals surface area contributed by atoms with Crippen molar-refractivity contribution in [2.45, 2.75) is 83.6 Å². The van der Waals surface area contributed by atoms with Crippen LogP contribution in [0.5, 0.6) is 0 Å². The third-order valence-corrected chi connectivity index (χ3v) is 5.88. The van der Waals surface area contributed by atoms with Gasteiger partial charge in [-0.15, -0.1) is 0 Å². The molecule has 0 spiro atoms. The zero-order valence-corrected chi connectivity index (χ0v) is 13.5. The highest BCUT2D eigenvalue weighted by Crippen LogP contribution is 2.39. The summed E-state index contributed by atoms with van der Waals surface area (Å²) in [4.78, 5) is 0. The predicted octanol–water partition coefficient (Wildman–Crippen LogP) is 4.47. The Hall–Kier alpha value is 0.310. The Balaban J connectivity index is 1.79. The average Bonchev–Trinajstić information content (AvgIpc) is 2.62. The number of rotatable bonds is 4. The molecule has 0 aromatic heterocycles. The van der Waals surface area contributed by atoms with Gasteiger partial charge in [-0.3, -0.25) is 0 Å². The van der Waals surface area contributed by atoms with Gasteiger partial charge in [0.25, 0.3) is 0 Å². The zero-order chi connectivity index (χ0) is 13.2. The first-order chi connectivity index (χ1) is 8.48. The molecule has 0 aromatic carbocycles. The molecule has 2 heteroatoms. The summed E-state index contributed by atoms with van der Waals surface area (Å²) in [7, 11) is 0. The molecule has 0 heterocycles. The summed E-state index contributed by atoms with van der Waals surface area (Å²) < 4.78 is 0. The summed E-state index contributed by atoms with van der Waals surface area (Å²) in [5.74, 6) is 2.18. The van der Waals surface area contributed by atoms with E-state index in [4.69, 9.17) is 0 Å². The van der Waals surface area contributed by atoms with E-state index in [1.54, 1.807) is 0 Å². The lowest BCUT2D eigenvalue weighted by Gasteiger charge is -2.40. The van der Waals surface area contributed by atoms with Gasteiger partial charge in [0.15, 0.2) is 0 Å². The fraction of sp³-hybridized carbons (Fsp3) is 1.00. The molecule has 106 valence electrons. The number of thioether (sulfide) groups is 1. The van der Waals surface area contributed by atoms with Gasteiger partial charge in [0.2, 0.25) is 0 Å². The smallest absolute Gasteiger partial charge is 0.00805 e.